The first-order chi connectivity index (χ1) is 12.1. The van der Waals surface area contributed by atoms with Gasteiger partial charge in [0.15, 0.2) is 0 Å². The normalized spacial score (nSPS) is 27.0. The van der Waals surface area contributed by atoms with Crippen LogP contribution < -0.4 is 0 Å². The van der Waals surface area contributed by atoms with Gasteiger partial charge in [-0.3, -0.25) is 0 Å². The monoisotopic (exact) mass is 364 g/mol. The largest absolute Gasteiger partial charge is 0.383 e. The number of benzene rings is 1. The molecule has 1 spiro atoms. The van der Waals surface area contributed by atoms with Crippen LogP contribution in [-0.2, 0) is 26.8 Å². The molecule has 0 saturated carbocycles. The van der Waals surface area contributed by atoms with E-state index in [4.69, 9.17) is 4.74 Å². The van der Waals surface area contributed by atoms with E-state index in [9.17, 15) is 8.42 Å². The summed E-state index contributed by atoms with van der Waals surface area (Å²) in [5.41, 5.74) is 3.11. The van der Waals surface area contributed by atoms with Crippen molar-refractivity contribution in [3.05, 3.63) is 35.4 Å². The molecule has 0 amide bonds. The summed E-state index contributed by atoms with van der Waals surface area (Å²) in [4.78, 5) is 0. The summed E-state index contributed by atoms with van der Waals surface area (Å²) in [7, 11) is -1.73. The van der Waals surface area contributed by atoms with Crippen LogP contribution in [0.4, 0.5) is 0 Å². The predicted molar refractivity (Wildman–Crippen MR) is 97.8 cm³/mol. The van der Waals surface area contributed by atoms with Crippen LogP contribution in [0.15, 0.2) is 24.3 Å². The van der Waals surface area contributed by atoms with Crippen LogP contribution in [0, 0.1) is 0 Å². The van der Waals surface area contributed by atoms with Gasteiger partial charge < -0.3 is 4.74 Å². The number of fused-ring (bicyclic) bond motifs is 2. The lowest BCUT2D eigenvalue weighted by Crippen LogP contribution is -2.51. The van der Waals surface area contributed by atoms with E-state index in [1.165, 1.54) is 11.1 Å². The fourth-order valence-corrected chi connectivity index (χ4v) is 6.89. The maximum absolute atomic E-state index is 13.1. The summed E-state index contributed by atoms with van der Waals surface area (Å²) < 4.78 is 34.9. The minimum atomic E-state index is -3.37. The van der Waals surface area contributed by atoms with Gasteiger partial charge >= 0.3 is 0 Å². The van der Waals surface area contributed by atoms with Gasteiger partial charge in [0.1, 0.15) is 0 Å². The van der Waals surface area contributed by atoms with E-state index in [0.717, 1.165) is 38.5 Å². The zero-order chi connectivity index (χ0) is 17.5. The molecular formula is C19H28N2O3S. The molecule has 2 aliphatic heterocycles. The Bertz CT molecular complexity index is 726. The van der Waals surface area contributed by atoms with Crippen molar-refractivity contribution in [2.45, 2.75) is 50.0 Å². The highest BCUT2D eigenvalue weighted by molar-refractivity contribution is 7.86. The summed E-state index contributed by atoms with van der Waals surface area (Å²) in [6.07, 6.45) is 6.00. The van der Waals surface area contributed by atoms with Gasteiger partial charge in [-0.05, 0) is 55.1 Å². The number of hydrogen-bond acceptors (Lipinski definition) is 3. The molecule has 3 aliphatic rings. The lowest BCUT2D eigenvalue weighted by Gasteiger charge is -2.41. The molecule has 4 rings (SSSR count). The molecule has 0 bridgehead atoms. The predicted octanol–water partition coefficient (Wildman–Crippen LogP) is 2.32. The molecule has 1 atom stereocenters. The molecule has 1 aromatic carbocycles. The molecule has 1 aromatic rings. The lowest BCUT2D eigenvalue weighted by molar-refractivity contribution is 0.142. The van der Waals surface area contributed by atoms with Crippen molar-refractivity contribution < 1.29 is 13.2 Å². The van der Waals surface area contributed by atoms with Crippen molar-refractivity contribution in [3.8, 4) is 0 Å². The SMILES string of the molecule is COC[C@H]1CCCN1S(=O)(=O)N1CCC2(CCc3ccccc32)CC1. The first-order valence-corrected chi connectivity index (χ1v) is 10.8. The van der Waals surface area contributed by atoms with Crippen LogP contribution >= 0.6 is 0 Å². The average Bonchev–Trinajstić information content (AvgIpc) is 3.23. The highest BCUT2D eigenvalue weighted by Gasteiger charge is 2.45. The van der Waals surface area contributed by atoms with Crippen LogP contribution in [0.1, 0.15) is 43.2 Å². The second-order valence-electron chi connectivity index (χ2n) is 7.71. The van der Waals surface area contributed by atoms with Gasteiger partial charge in [0.25, 0.3) is 10.2 Å². The smallest absolute Gasteiger partial charge is 0.282 e. The Labute approximate surface area is 151 Å². The highest BCUT2D eigenvalue weighted by atomic mass is 32.2. The quantitative estimate of drug-likeness (QED) is 0.824. The standard InChI is InChI=1S/C19H28N2O3S/c1-24-15-17-6-4-12-21(17)25(22,23)20-13-10-19(11-14-20)9-8-16-5-2-3-7-18(16)19/h2-3,5,7,17H,4,6,8-15H2,1H3/t17-/m1/s1. The Hall–Kier alpha value is -0.950. The van der Waals surface area contributed by atoms with Crippen molar-refractivity contribution in [2.24, 2.45) is 0 Å². The number of piperidine rings is 1. The van der Waals surface area contributed by atoms with E-state index in [-0.39, 0.29) is 11.5 Å². The van der Waals surface area contributed by atoms with Gasteiger partial charge in [-0.1, -0.05) is 24.3 Å². The van der Waals surface area contributed by atoms with Gasteiger partial charge in [0.05, 0.1) is 6.61 Å². The Kier molecular flexibility index (Phi) is 4.65. The van der Waals surface area contributed by atoms with Crippen molar-refractivity contribution in [3.63, 3.8) is 0 Å². The summed E-state index contributed by atoms with van der Waals surface area (Å²) in [6, 6.07) is 8.71. The van der Waals surface area contributed by atoms with E-state index in [1.54, 1.807) is 15.7 Å². The van der Waals surface area contributed by atoms with Crippen LogP contribution in [0.5, 0.6) is 0 Å². The van der Waals surface area contributed by atoms with Gasteiger partial charge in [0, 0.05) is 32.8 Å². The summed E-state index contributed by atoms with van der Waals surface area (Å²) in [6.45, 7) is 2.38. The third kappa shape index (κ3) is 2.93. The topological polar surface area (TPSA) is 49.9 Å². The van der Waals surface area contributed by atoms with Gasteiger partial charge in [-0.15, -0.1) is 0 Å². The number of rotatable bonds is 4. The highest BCUT2D eigenvalue weighted by Crippen LogP contribution is 2.46. The number of hydrogen-bond donors (Lipinski definition) is 0. The molecule has 5 nitrogen and oxygen atoms in total. The second-order valence-corrected chi connectivity index (χ2v) is 9.59. The van der Waals surface area contributed by atoms with Crippen LogP contribution in [0.2, 0.25) is 0 Å². The van der Waals surface area contributed by atoms with Crippen LogP contribution in [0.25, 0.3) is 0 Å². The fourth-order valence-electron chi connectivity index (χ4n) is 5.05. The van der Waals surface area contributed by atoms with E-state index >= 15 is 0 Å². The first-order valence-electron chi connectivity index (χ1n) is 9.41. The number of methoxy groups -OCH3 is 1. The molecule has 2 heterocycles. The zero-order valence-electron chi connectivity index (χ0n) is 15.0. The average molecular weight is 365 g/mol. The summed E-state index contributed by atoms with van der Waals surface area (Å²) in [5.74, 6) is 0. The van der Waals surface area contributed by atoms with Crippen molar-refractivity contribution in [1.82, 2.24) is 8.61 Å². The Morgan fingerprint density at radius 1 is 1.16 bits per heavy atom. The molecule has 0 N–H and O–H groups in total. The Morgan fingerprint density at radius 2 is 1.92 bits per heavy atom. The van der Waals surface area contributed by atoms with Crippen molar-refractivity contribution in [1.29, 1.82) is 0 Å². The third-order valence-corrected chi connectivity index (χ3v) is 8.54. The molecule has 0 unspecified atom stereocenters. The Morgan fingerprint density at radius 3 is 2.68 bits per heavy atom. The van der Waals surface area contributed by atoms with Crippen LogP contribution in [-0.4, -0.2) is 56.4 Å². The van der Waals surface area contributed by atoms with Gasteiger partial charge in [0.2, 0.25) is 0 Å². The van der Waals surface area contributed by atoms with Gasteiger partial charge in [-0.25, -0.2) is 0 Å². The van der Waals surface area contributed by atoms with E-state index in [0.29, 0.717) is 26.2 Å². The minimum absolute atomic E-state index is 0.00177. The van der Waals surface area contributed by atoms with E-state index < -0.39 is 10.2 Å². The lowest BCUT2D eigenvalue weighted by atomic mass is 9.74. The summed E-state index contributed by atoms with van der Waals surface area (Å²) in [5, 5.41) is 0. The molecular weight excluding hydrogens is 336 g/mol. The summed E-state index contributed by atoms with van der Waals surface area (Å²) >= 11 is 0. The third-order valence-electron chi connectivity index (χ3n) is 6.45. The van der Waals surface area contributed by atoms with E-state index in [1.807, 2.05) is 0 Å². The van der Waals surface area contributed by atoms with Gasteiger partial charge in [-0.2, -0.15) is 17.0 Å². The van der Waals surface area contributed by atoms with Crippen LogP contribution in [0.3, 0.4) is 0 Å². The molecule has 138 valence electrons. The first kappa shape index (κ1) is 17.5. The van der Waals surface area contributed by atoms with Crippen molar-refractivity contribution >= 4 is 10.2 Å². The molecule has 25 heavy (non-hydrogen) atoms. The maximum atomic E-state index is 13.1. The molecule has 1 aliphatic carbocycles. The zero-order valence-corrected chi connectivity index (χ0v) is 15.8. The number of ether oxygens (including phenoxy) is 1. The van der Waals surface area contributed by atoms with Crippen molar-refractivity contribution in [2.75, 3.05) is 33.4 Å². The number of nitrogens with zero attached hydrogens (tertiary/aromatic N) is 2. The molecule has 2 fully saturated rings. The minimum Gasteiger partial charge on any atom is -0.383 e. The molecule has 0 radical (unpaired) electrons. The fraction of sp³-hybridized carbons (Fsp3) is 0.684. The van der Waals surface area contributed by atoms with E-state index in [2.05, 4.69) is 24.3 Å². The molecule has 6 heteroatoms. The Balaban J connectivity index is 1.49. The number of aryl methyl sites for hydroxylation is 1. The molecule has 0 aromatic heterocycles. The maximum Gasteiger partial charge on any atom is 0.282 e. The molecule has 2 saturated heterocycles. The second kappa shape index (κ2) is 6.65.